The largest absolute Gasteiger partial charge is 0.497 e. The number of ketones is 1. The van der Waals surface area contributed by atoms with E-state index in [-0.39, 0.29) is 17.6 Å². The molecular formula is C36H34N2O6. The molecule has 1 aliphatic heterocycles. The van der Waals surface area contributed by atoms with E-state index in [1.54, 1.807) is 24.1 Å². The summed E-state index contributed by atoms with van der Waals surface area (Å²) >= 11 is 0. The molecule has 0 radical (unpaired) electrons. The number of rotatable bonds is 7. The summed E-state index contributed by atoms with van der Waals surface area (Å²) < 4.78 is 22.3. The molecule has 2 atom stereocenters. The van der Waals surface area contributed by atoms with Crippen LogP contribution < -0.4 is 29.2 Å². The molecule has 0 fully saturated rings. The summed E-state index contributed by atoms with van der Waals surface area (Å²) in [6.07, 6.45) is 0.944. The summed E-state index contributed by atoms with van der Waals surface area (Å²) in [5, 5.41) is 3.58. The molecular weight excluding hydrogens is 556 g/mol. The lowest BCUT2D eigenvalue weighted by atomic mass is 9.78. The molecule has 1 heterocycles. The molecule has 0 saturated carbocycles. The molecule has 6 rings (SSSR count). The molecule has 8 nitrogen and oxygen atoms in total. The number of Topliss-reactive ketones (excluding diaryl/α,β-unsaturated/α-hetero) is 1. The first-order chi connectivity index (χ1) is 21.5. The van der Waals surface area contributed by atoms with Gasteiger partial charge in [-0.05, 0) is 59.9 Å². The van der Waals surface area contributed by atoms with Crippen molar-refractivity contribution in [2.75, 3.05) is 38.7 Å². The fourth-order valence-corrected chi connectivity index (χ4v) is 6.25. The SMILES string of the molecule is COc1cccc([C@@H]2C3=C(C[C@H](c4ccccc4)CC3=O)Nc3ccccc3N2C(=O)c2cc(OC)c(OC)c(OC)c2)c1. The Kier molecular flexibility index (Phi) is 7.98. The molecule has 0 spiro atoms. The zero-order chi connectivity index (χ0) is 30.8. The number of carbonyl (C=O) groups excluding carboxylic acids is 2. The van der Waals surface area contributed by atoms with E-state index >= 15 is 0 Å². The van der Waals surface area contributed by atoms with Gasteiger partial charge in [-0.25, -0.2) is 0 Å². The van der Waals surface area contributed by atoms with E-state index in [1.807, 2.05) is 66.7 Å². The molecule has 44 heavy (non-hydrogen) atoms. The van der Waals surface area contributed by atoms with Crippen LogP contribution in [0.1, 0.15) is 46.3 Å². The maximum Gasteiger partial charge on any atom is 0.259 e. The van der Waals surface area contributed by atoms with E-state index in [1.165, 1.54) is 21.3 Å². The number of carbonyl (C=O) groups is 2. The second-order valence-electron chi connectivity index (χ2n) is 10.7. The van der Waals surface area contributed by atoms with Crippen molar-refractivity contribution in [3.05, 3.63) is 119 Å². The predicted molar refractivity (Wildman–Crippen MR) is 169 cm³/mol. The third-order valence-corrected chi connectivity index (χ3v) is 8.30. The van der Waals surface area contributed by atoms with Gasteiger partial charge >= 0.3 is 0 Å². The Morgan fingerprint density at radius 2 is 1.43 bits per heavy atom. The Balaban J connectivity index is 1.58. The normalized spacial score (nSPS) is 17.5. The lowest BCUT2D eigenvalue weighted by Crippen LogP contribution is -2.38. The number of nitrogens with one attached hydrogen (secondary N) is 1. The highest BCUT2D eigenvalue weighted by atomic mass is 16.5. The van der Waals surface area contributed by atoms with Crippen molar-refractivity contribution in [1.82, 2.24) is 0 Å². The van der Waals surface area contributed by atoms with Gasteiger partial charge in [-0.3, -0.25) is 14.5 Å². The Bertz CT molecular complexity index is 1720. The highest BCUT2D eigenvalue weighted by Gasteiger charge is 2.42. The number of hydrogen-bond donors (Lipinski definition) is 1. The van der Waals surface area contributed by atoms with Crippen molar-refractivity contribution >= 4 is 23.1 Å². The molecule has 0 saturated heterocycles. The summed E-state index contributed by atoms with van der Waals surface area (Å²) in [5.74, 6) is 1.37. The number of hydrogen-bond acceptors (Lipinski definition) is 7. The molecule has 4 aromatic carbocycles. The number of para-hydroxylation sites is 2. The maximum absolute atomic E-state index is 14.8. The average molecular weight is 591 g/mol. The summed E-state index contributed by atoms with van der Waals surface area (Å²) in [5.41, 5.74) is 4.90. The number of amides is 1. The third-order valence-electron chi connectivity index (χ3n) is 8.30. The van der Waals surface area contributed by atoms with Crippen LogP contribution in [0.5, 0.6) is 23.0 Å². The van der Waals surface area contributed by atoms with Gasteiger partial charge in [0.05, 0.1) is 45.9 Å². The highest BCUT2D eigenvalue weighted by Crippen LogP contribution is 2.49. The number of nitrogens with zero attached hydrogens (tertiary/aromatic N) is 1. The predicted octanol–water partition coefficient (Wildman–Crippen LogP) is 6.94. The van der Waals surface area contributed by atoms with Gasteiger partial charge in [-0.2, -0.15) is 0 Å². The van der Waals surface area contributed by atoms with Gasteiger partial charge < -0.3 is 24.3 Å². The van der Waals surface area contributed by atoms with Gasteiger partial charge in [0.25, 0.3) is 5.91 Å². The van der Waals surface area contributed by atoms with E-state index in [9.17, 15) is 9.59 Å². The van der Waals surface area contributed by atoms with Crippen LogP contribution in [0.4, 0.5) is 11.4 Å². The molecule has 1 amide bonds. The van der Waals surface area contributed by atoms with Gasteiger partial charge in [-0.15, -0.1) is 0 Å². The van der Waals surface area contributed by atoms with Gasteiger partial charge in [0.15, 0.2) is 17.3 Å². The summed E-state index contributed by atoms with van der Waals surface area (Å²) in [6.45, 7) is 0. The topological polar surface area (TPSA) is 86.3 Å². The third kappa shape index (κ3) is 5.13. The van der Waals surface area contributed by atoms with Gasteiger partial charge in [0.2, 0.25) is 5.75 Å². The van der Waals surface area contributed by atoms with Crippen LogP contribution in [-0.4, -0.2) is 40.1 Å². The molecule has 1 N–H and O–H groups in total. The minimum Gasteiger partial charge on any atom is -0.497 e. The fraction of sp³-hybridized carbons (Fsp3) is 0.222. The summed E-state index contributed by atoms with van der Waals surface area (Å²) in [7, 11) is 6.14. The lowest BCUT2D eigenvalue weighted by Gasteiger charge is -2.35. The first-order valence-corrected chi connectivity index (χ1v) is 14.4. The first kappa shape index (κ1) is 28.9. The van der Waals surface area contributed by atoms with Crippen LogP contribution in [0, 0.1) is 0 Å². The highest BCUT2D eigenvalue weighted by molar-refractivity contribution is 6.12. The lowest BCUT2D eigenvalue weighted by molar-refractivity contribution is -0.116. The van der Waals surface area contributed by atoms with Gasteiger partial charge in [-0.1, -0.05) is 54.6 Å². The van der Waals surface area contributed by atoms with Crippen molar-refractivity contribution in [3.8, 4) is 23.0 Å². The molecule has 4 aromatic rings. The van der Waals surface area contributed by atoms with Crippen molar-refractivity contribution in [2.24, 2.45) is 0 Å². The smallest absolute Gasteiger partial charge is 0.259 e. The Morgan fingerprint density at radius 3 is 2.11 bits per heavy atom. The van der Waals surface area contributed by atoms with E-state index in [0.717, 1.165) is 22.5 Å². The Labute approximate surface area is 256 Å². The number of allylic oxidation sites excluding steroid dienone is 1. The van der Waals surface area contributed by atoms with Gasteiger partial charge in [0, 0.05) is 23.3 Å². The summed E-state index contributed by atoms with van der Waals surface area (Å²) in [4.78, 5) is 30.9. The quantitative estimate of drug-likeness (QED) is 0.250. The van der Waals surface area contributed by atoms with E-state index in [2.05, 4.69) is 17.4 Å². The molecule has 1 aliphatic carbocycles. The number of fused-ring (bicyclic) bond motifs is 1. The number of anilines is 2. The van der Waals surface area contributed by atoms with Crippen molar-refractivity contribution in [1.29, 1.82) is 0 Å². The average Bonchev–Trinajstić information content (AvgIpc) is 3.22. The van der Waals surface area contributed by atoms with Crippen molar-refractivity contribution in [2.45, 2.75) is 24.8 Å². The first-order valence-electron chi connectivity index (χ1n) is 14.4. The second-order valence-corrected chi connectivity index (χ2v) is 10.7. The Hall–Kier alpha value is -5.24. The van der Waals surface area contributed by atoms with Crippen molar-refractivity contribution < 1.29 is 28.5 Å². The standard InChI is InChI=1S/C36H34N2O6/c1-41-26-14-10-13-23(17-26)34-33-28(18-24(19-30(33)39)22-11-6-5-7-12-22)37-27-15-8-9-16-29(27)38(34)36(40)25-20-31(42-2)35(44-4)32(21-25)43-3/h5-17,20-21,24,34,37H,18-19H2,1-4H3/t24-,34+/m0/s1. The van der Waals surface area contributed by atoms with Crippen LogP contribution in [0.3, 0.4) is 0 Å². The van der Waals surface area contributed by atoms with E-state index < -0.39 is 6.04 Å². The number of benzene rings is 4. The zero-order valence-electron chi connectivity index (χ0n) is 25.1. The molecule has 8 heteroatoms. The molecule has 224 valence electrons. The van der Waals surface area contributed by atoms with E-state index in [0.29, 0.717) is 52.7 Å². The van der Waals surface area contributed by atoms with Crippen LogP contribution in [0.2, 0.25) is 0 Å². The Morgan fingerprint density at radius 1 is 0.750 bits per heavy atom. The van der Waals surface area contributed by atoms with Crippen molar-refractivity contribution in [3.63, 3.8) is 0 Å². The maximum atomic E-state index is 14.8. The molecule has 0 aromatic heterocycles. The van der Waals surface area contributed by atoms with Gasteiger partial charge in [0.1, 0.15) is 5.75 Å². The number of ether oxygens (including phenoxy) is 4. The van der Waals surface area contributed by atoms with E-state index in [4.69, 9.17) is 18.9 Å². The molecule has 0 bridgehead atoms. The number of methoxy groups -OCH3 is 4. The fourth-order valence-electron chi connectivity index (χ4n) is 6.25. The second kappa shape index (κ2) is 12.2. The van der Waals surface area contributed by atoms with Crippen LogP contribution in [0.15, 0.2) is 102 Å². The van der Waals surface area contributed by atoms with Crippen LogP contribution in [-0.2, 0) is 4.79 Å². The monoisotopic (exact) mass is 590 g/mol. The van der Waals surface area contributed by atoms with Crippen LogP contribution >= 0.6 is 0 Å². The minimum atomic E-state index is -0.743. The molecule has 2 aliphatic rings. The van der Waals surface area contributed by atoms with Crippen LogP contribution in [0.25, 0.3) is 0 Å². The summed E-state index contributed by atoms with van der Waals surface area (Å²) in [6, 6.07) is 27.8. The molecule has 0 unspecified atom stereocenters. The minimum absolute atomic E-state index is 0.00503. The zero-order valence-corrected chi connectivity index (χ0v) is 25.1.